The van der Waals surface area contributed by atoms with Crippen LogP contribution in [0.2, 0.25) is 0 Å². The predicted molar refractivity (Wildman–Crippen MR) is 150 cm³/mol. The summed E-state index contributed by atoms with van der Waals surface area (Å²) in [6.07, 6.45) is 1.90. The number of benzene rings is 5. The van der Waals surface area contributed by atoms with Crippen molar-refractivity contribution in [2.24, 2.45) is 0 Å². The van der Waals surface area contributed by atoms with Gasteiger partial charge in [-0.15, -0.1) is 0 Å². The lowest BCUT2D eigenvalue weighted by molar-refractivity contribution is 0.759. The van der Waals surface area contributed by atoms with E-state index < -0.39 is 0 Å². The molecule has 5 aromatic carbocycles. The standard InChI is InChI=1S/C34H20N4/c35-17-19-14-28-33(25-15-27-29(16-26(25)37-28)38(18-36-27)20-8-2-1-3-9-20)34-30(19)31-21-10-4-6-12-23(21)32(34)24-13-7-5-11-22(24)31/h1-16,18,31-32,37H. The molecule has 3 aliphatic rings. The van der Waals surface area contributed by atoms with Crippen LogP contribution < -0.4 is 0 Å². The molecule has 0 saturated heterocycles. The summed E-state index contributed by atoms with van der Waals surface area (Å²) in [5, 5.41) is 12.7. The Bertz CT molecular complexity index is 2110. The van der Waals surface area contributed by atoms with Crippen molar-refractivity contribution in [2.75, 3.05) is 0 Å². The third-order valence-corrected chi connectivity index (χ3v) is 8.60. The van der Waals surface area contributed by atoms with E-state index in [1.807, 2.05) is 24.5 Å². The monoisotopic (exact) mass is 484 g/mol. The Morgan fingerprint density at radius 2 is 1.34 bits per heavy atom. The average Bonchev–Trinajstić information content (AvgIpc) is 3.56. The highest BCUT2D eigenvalue weighted by atomic mass is 15.0. The Hall–Kier alpha value is -5.14. The molecule has 2 aromatic heterocycles. The lowest BCUT2D eigenvalue weighted by atomic mass is 9.59. The number of nitrogens with zero attached hydrogens (tertiary/aromatic N) is 3. The van der Waals surface area contributed by atoms with Crippen molar-refractivity contribution in [1.82, 2.24) is 14.5 Å². The summed E-state index contributed by atoms with van der Waals surface area (Å²) in [7, 11) is 0. The highest BCUT2D eigenvalue weighted by molar-refractivity contribution is 6.14. The Morgan fingerprint density at radius 3 is 2.00 bits per heavy atom. The molecule has 10 rings (SSSR count). The van der Waals surface area contributed by atoms with Crippen LogP contribution in [0, 0.1) is 11.3 Å². The molecule has 1 N–H and O–H groups in total. The van der Waals surface area contributed by atoms with Crippen molar-refractivity contribution < 1.29 is 0 Å². The van der Waals surface area contributed by atoms with Gasteiger partial charge in [0.25, 0.3) is 0 Å². The fourth-order valence-corrected chi connectivity index (χ4v) is 7.15. The molecule has 0 saturated carbocycles. The van der Waals surface area contributed by atoms with E-state index in [-0.39, 0.29) is 11.8 Å². The SMILES string of the molecule is N#Cc1cc2[nH]c3cc4c(cc3c2c2c1C1c3ccccc3C2c2ccccc21)ncn4-c1ccccc1. The van der Waals surface area contributed by atoms with E-state index in [4.69, 9.17) is 4.98 Å². The van der Waals surface area contributed by atoms with E-state index in [1.54, 1.807) is 0 Å². The van der Waals surface area contributed by atoms with Crippen LogP contribution in [0.15, 0.2) is 103 Å². The number of nitriles is 1. The van der Waals surface area contributed by atoms with Crippen molar-refractivity contribution in [3.05, 3.63) is 142 Å². The van der Waals surface area contributed by atoms with E-state index in [0.717, 1.165) is 38.7 Å². The van der Waals surface area contributed by atoms with Crippen LogP contribution >= 0.6 is 0 Å². The molecule has 3 aliphatic carbocycles. The summed E-state index contributed by atoms with van der Waals surface area (Å²) < 4.78 is 2.13. The van der Waals surface area contributed by atoms with Crippen molar-refractivity contribution in [3.63, 3.8) is 0 Å². The Labute approximate surface area is 218 Å². The number of imidazole rings is 1. The Morgan fingerprint density at radius 1 is 0.711 bits per heavy atom. The molecule has 0 amide bonds. The first-order valence-corrected chi connectivity index (χ1v) is 12.9. The molecule has 0 fully saturated rings. The zero-order chi connectivity index (χ0) is 25.0. The van der Waals surface area contributed by atoms with Gasteiger partial charge >= 0.3 is 0 Å². The minimum Gasteiger partial charge on any atom is -0.354 e. The number of para-hydroxylation sites is 1. The Kier molecular flexibility index (Phi) is 3.68. The molecule has 4 nitrogen and oxygen atoms in total. The maximum absolute atomic E-state index is 10.4. The van der Waals surface area contributed by atoms with Crippen LogP contribution in [-0.2, 0) is 0 Å². The smallest absolute Gasteiger partial charge is 0.100 e. The van der Waals surface area contributed by atoms with E-state index in [0.29, 0.717) is 0 Å². The maximum Gasteiger partial charge on any atom is 0.100 e. The zero-order valence-corrected chi connectivity index (χ0v) is 20.3. The number of hydrogen-bond donors (Lipinski definition) is 1. The summed E-state index contributed by atoms with van der Waals surface area (Å²) >= 11 is 0. The third-order valence-electron chi connectivity index (χ3n) is 8.60. The minimum absolute atomic E-state index is 0.0624. The first-order chi connectivity index (χ1) is 18.8. The van der Waals surface area contributed by atoms with Crippen molar-refractivity contribution in [2.45, 2.75) is 11.8 Å². The minimum atomic E-state index is 0.0624. The molecule has 0 spiro atoms. The number of rotatable bonds is 1. The number of H-pyrrole nitrogens is 1. The molecule has 0 radical (unpaired) electrons. The molecule has 2 bridgehead atoms. The van der Waals surface area contributed by atoms with Gasteiger partial charge < -0.3 is 4.98 Å². The molecule has 0 aliphatic heterocycles. The van der Waals surface area contributed by atoms with Crippen LogP contribution in [0.3, 0.4) is 0 Å². The highest BCUT2D eigenvalue weighted by Gasteiger charge is 2.43. The molecule has 2 heterocycles. The van der Waals surface area contributed by atoms with Crippen LogP contribution in [0.4, 0.5) is 0 Å². The fraction of sp³-hybridized carbons (Fsp3) is 0.0588. The molecule has 0 atom stereocenters. The summed E-state index contributed by atoms with van der Waals surface area (Å²) in [5.41, 5.74) is 13.7. The third kappa shape index (κ3) is 2.37. The Balaban J connectivity index is 1.41. The van der Waals surface area contributed by atoms with Crippen molar-refractivity contribution >= 4 is 32.8 Å². The van der Waals surface area contributed by atoms with Gasteiger partial charge in [0.05, 0.1) is 22.7 Å². The normalized spacial score (nSPS) is 16.9. The van der Waals surface area contributed by atoms with Crippen LogP contribution in [0.25, 0.3) is 38.5 Å². The van der Waals surface area contributed by atoms with Gasteiger partial charge in [0, 0.05) is 39.3 Å². The number of aromatic nitrogens is 3. The van der Waals surface area contributed by atoms with Gasteiger partial charge in [-0.25, -0.2) is 4.98 Å². The lowest BCUT2D eigenvalue weighted by Crippen LogP contribution is -2.28. The fourth-order valence-electron chi connectivity index (χ4n) is 7.15. The van der Waals surface area contributed by atoms with Gasteiger partial charge in [-0.2, -0.15) is 5.26 Å². The molecule has 176 valence electrons. The van der Waals surface area contributed by atoms with Gasteiger partial charge in [-0.3, -0.25) is 4.57 Å². The first kappa shape index (κ1) is 20.0. The quantitative estimate of drug-likeness (QED) is 0.262. The highest BCUT2D eigenvalue weighted by Crippen LogP contribution is 2.58. The first-order valence-electron chi connectivity index (χ1n) is 12.9. The number of fused-ring (bicyclic) bond motifs is 4. The summed E-state index contributed by atoms with van der Waals surface area (Å²) in [5.74, 6) is 0.155. The summed E-state index contributed by atoms with van der Waals surface area (Å²) in [4.78, 5) is 8.47. The van der Waals surface area contributed by atoms with Gasteiger partial charge in [0.2, 0.25) is 0 Å². The molecular weight excluding hydrogens is 464 g/mol. The van der Waals surface area contributed by atoms with Crippen LogP contribution in [0.1, 0.15) is 50.8 Å². The molecule has 0 unspecified atom stereocenters. The maximum atomic E-state index is 10.4. The van der Waals surface area contributed by atoms with E-state index in [2.05, 4.69) is 94.5 Å². The van der Waals surface area contributed by atoms with Crippen molar-refractivity contribution in [3.8, 4) is 11.8 Å². The van der Waals surface area contributed by atoms with E-state index in [1.165, 1.54) is 38.8 Å². The summed E-state index contributed by atoms with van der Waals surface area (Å²) in [6, 6.07) is 36.9. The number of hydrogen-bond acceptors (Lipinski definition) is 2. The second-order valence-electron chi connectivity index (χ2n) is 10.4. The predicted octanol–water partition coefficient (Wildman–Crippen LogP) is 7.52. The summed E-state index contributed by atoms with van der Waals surface area (Å²) in [6.45, 7) is 0. The van der Waals surface area contributed by atoms with Crippen LogP contribution in [-0.4, -0.2) is 14.5 Å². The average molecular weight is 485 g/mol. The van der Waals surface area contributed by atoms with Gasteiger partial charge in [0.15, 0.2) is 0 Å². The van der Waals surface area contributed by atoms with Crippen molar-refractivity contribution in [1.29, 1.82) is 5.26 Å². The lowest BCUT2D eigenvalue weighted by Gasteiger charge is -2.43. The zero-order valence-electron chi connectivity index (χ0n) is 20.3. The molecule has 4 heteroatoms. The van der Waals surface area contributed by atoms with Gasteiger partial charge in [-0.1, -0.05) is 66.7 Å². The van der Waals surface area contributed by atoms with E-state index in [9.17, 15) is 5.26 Å². The molecule has 38 heavy (non-hydrogen) atoms. The largest absolute Gasteiger partial charge is 0.354 e. The molecule has 7 aromatic rings. The second kappa shape index (κ2) is 7.00. The number of nitrogens with one attached hydrogen (secondary N) is 1. The van der Waals surface area contributed by atoms with Crippen LogP contribution in [0.5, 0.6) is 0 Å². The molecular formula is C34H20N4. The van der Waals surface area contributed by atoms with Gasteiger partial charge in [0.1, 0.15) is 6.33 Å². The second-order valence-corrected chi connectivity index (χ2v) is 10.4. The van der Waals surface area contributed by atoms with E-state index >= 15 is 0 Å². The topological polar surface area (TPSA) is 57.4 Å². The van der Waals surface area contributed by atoms with Gasteiger partial charge in [-0.05, 0) is 63.7 Å². The number of aromatic amines is 1.